The van der Waals surface area contributed by atoms with Crippen molar-refractivity contribution < 1.29 is 9.21 Å². The molecule has 1 aliphatic heterocycles. The van der Waals surface area contributed by atoms with Gasteiger partial charge in [-0.05, 0) is 37.1 Å². The molecular formula is C14H17N3O2. The van der Waals surface area contributed by atoms with Crippen LogP contribution in [0.25, 0.3) is 11.1 Å². The molecule has 1 aromatic heterocycles. The smallest absolute Gasteiger partial charge is 0.224 e. The van der Waals surface area contributed by atoms with Crippen molar-refractivity contribution in [3.63, 3.8) is 0 Å². The maximum absolute atomic E-state index is 12.0. The van der Waals surface area contributed by atoms with Gasteiger partial charge in [-0.1, -0.05) is 6.07 Å². The fraction of sp³-hybridized carbons (Fsp3) is 0.429. The average molecular weight is 259 g/mol. The van der Waals surface area contributed by atoms with Crippen LogP contribution in [0.5, 0.6) is 0 Å². The van der Waals surface area contributed by atoms with E-state index in [0.29, 0.717) is 6.54 Å². The van der Waals surface area contributed by atoms with Crippen molar-refractivity contribution >= 4 is 17.0 Å². The van der Waals surface area contributed by atoms with Gasteiger partial charge in [-0.2, -0.15) is 0 Å². The summed E-state index contributed by atoms with van der Waals surface area (Å²) in [6.45, 7) is 2.34. The van der Waals surface area contributed by atoms with Crippen LogP contribution >= 0.6 is 0 Å². The number of carbonyl (C=O) groups is 1. The zero-order valence-corrected chi connectivity index (χ0v) is 10.7. The first kappa shape index (κ1) is 12.2. The second-order valence-electron chi connectivity index (χ2n) is 4.92. The van der Waals surface area contributed by atoms with Crippen LogP contribution in [0.2, 0.25) is 0 Å². The number of aromatic nitrogens is 1. The van der Waals surface area contributed by atoms with Crippen molar-refractivity contribution in [3.05, 3.63) is 30.2 Å². The van der Waals surface area contributed by atoms with E-state index in [9.17, 15) is 4.79 Å². The highest BCUT2D eigenvalue weighted by atomic mass is 16.3. The molecule has 5 nitrogen and oxygen atoms in total. The summed E-state index contributed by atoms with van der Waals surface area (Å²) < 4.78 is 5.25. The lowest BCUT2D eigenvalue weighted by Crippen LogP contribution is -2.40. The normalized spacial score (nSPS) is 19.5. The number of hydrogen-bond donors (Lipinski definition) is 2. The van der Waals surface area contributed by atoms with Crippen LogP contribution < -0.4 is 10.6 Å². The molecule has 1 atom stereocenters. The molecule has 0 radical (unpaired) electrons. The average Bonchev–Trinajstić information content (AvgIpc) is 2.93. The first-order valence-electron chi connectivity index (χ1n) is 6.63. The number of oxazole rings is 1. The van der Waals surface area contributed by atoms with Gasteiger partial charge in [0.05, 0.1) is 5.92 Å². The maximum Gasteiger partial charge on any atom is 0.224 e. The molecule has 1 aromatic carbocycles. The summed E-state index contributed by atoms with van der Waals surface area (Å²) in [5.41, 5.74) is 2.62. The van der Waals surface area contributed by atoms with Crippen LogP contribution in [-0.4, -0.2) is 24.0 Å². The molecule has 1 fully saturated rings. The van der Waals surface area contributed by atoms with Crippen LogP contribution in [0.1, 0.15) is 18.4 Å². The van der Waals surface area contributed by atoms with E-state index < -0.39 is 0 Å². The Kier molecular flexibility index (Phi) is 3.46. The van der Waals surface area contributed by atoms with Gasteiger partial charge in [0.1, 0.15) is 5.52 Å². The lowest BCUT2D eigenvalue weighted by atomic mass is 9.99. The first-order valence-corrected chi connectivity index (χ1v) is 6.63. The summed E-state index contributed by atoms with van der Waals surface area (Å²) in [4.78, 5) is 16.1. The van der Waals surface area contributed by atoms with Gasteiger partial charge < -0.3 is 15.1 Å². The topological polar surface area (TPSA) is 67.2 Å². The lowest BCUT2D eigenvalue weighted by Gasteiger charge is -2.21. The van der Waals surface area contributed by atoms with Crippen molar-refractivity contribution in [2.24, 2.45) is 5.92 Å². The second kappa shape index (κ2) is 5.40. The van der Waals surface area contributed by atoms with Gasteiger partial charge in [-0.25, -0.2) is 4.98 Å². The van der Waals surface area contributed by atoms with Crippen LogP contribution in [0.4, 0.5) is 0 Å². The van der Waals surface area contributed by atoms with Crippen LogP contribution in [0.3, 0.4) is 0 Å². The number of benzene rings is 1. The summed E-state index contributed by atoms with van der Waals surface area (Å²) in [6, 6.07) is 5.79. The second-order valence-corrected chi connectivity index (χ2v) is 4.92. The minimum absolute atomic E-state index is 0.0998. The maximum atomic E-state index is 12.0. The molecule has 0 bridgehead atoms. The predicted molar refractivity (Wildman–Crippen MR) is 71.4 cm³/mol. The summed E-state index contributed by atoms with van der Waals surface area (Å²) in [5.74, 6) is 0.229. The van der Waals surface area contributed by atoms with Crippen LogP contribution in [0, 0.1) is 5.92 Å². The van der Waals surface area contributed by atoms with E-state index in [4.69, 9.17) is 4.42 Å². The Labute approximate surface area is 111 Å². The number of piperidine rings is 1. The zero-order valence-electron chi connectivity index (χ0n) is 10.7. The number of carbonyl (C=O) groups excluding carboxylic acids is 1. The molecule has 0 spiro atoms. The van der Waals surface area contributed by atoms with Gasteiger partial charge in [0.2, 0.25) is 5.91 Å². The Hall–Kier alpha value is -1.88. The Balaban J connectivity index is 1.60. The standard InChI is InChI=1S/C14H17N3O2/c18-14(11-2-1-5-15-8-11)16-7-10-3-4-12-13(6-10)19-9-17-12/h3-4,6,9,11,15H,1-2,5,7-8H2,(H,16,18). The van der Waals surface area contributed by atoms with E-state index in [1.807, 2.05) is 18.2 Å². The third-order valence-electron chi connectivity index (χ3n) is 3.53. The molecule has 1 saturated heterocycles. The number of rotatable bonds is 3. The highest BCUT2D eigenvalue weighted by Gasteiger charge is 2.20. The quantitative estimate of drug-likeness (QED) is 0.875. The van der Waals surface area contributed by atoms with E-state index in [1.165, 1.54) is 6.39 Å². The van der Waals surface area contributed by atoms with Gasteiger partial charge in [0.25, 0.3) is 0 Å². The molecular weight excluding hydrogens is 242 g/mol. The molecule has 1 unspecified atom stereocenters. The highest BCUT2D eigenvalue weighted by molar-refractivity contribution is 5.79. The number of fused-ring (bicyclic) bond motifs is 1. The van der Waals surface area contributed by atoms with E-state index in [0.717, 1.165) is 42.6 Å². The molecule has 2 aromatic rings. The summed E-state index contributed by atoms with van der Waals surface area (Å²) in [6.07, 6.45) is 3.48. The van der Waals surface area contributed by atoms with Gasteiger partial charge in [-0.3, -0.25) is 4.79 Å². The van der Waals surface area contributed by atoms with Gasteiger partial charge in [0.15, 0.2) is 12.0 Å². The zero-order chi connectivity index (χ0) is 13.1. The van der Waals surface area contributed by atoms with Crippen LogP contribution in [-0.2, 0) is 11.3 Å². The molecule has 1 amide bonds. The molecule has 2 N–H and O–H groups in total. The third-order valence-corrected chi connectivity index (χ3v) is 3.53. The summed E-state index contributed by atoms with van der Waals surface area (Å²) in [7, 11) is 0. The molecule has 100 valence electrons. The number of hydrogen-bond acceptors (Lipinski definition) is 4. The van der Waals surface area contributed by atoms with Crippen molar-refractivity contribution in [1.82, 2.24) is 15.6 Å². The summed E-state index contributed by atoms with van der Waals surface area (Å²) >= 11 is 0. The molecule has 3 rings (SSSR count). The molecule has 19 heavy (non-hydrogen) atoms. The van der Waals surface area contributed by atoms with Gasteiger partial charge in [0, 0.05) is 13.1 Å². The van der Waals surface area contributed by atoms with Crippen molar-refractivity contribution in [2.45, 2.75) is 19.4 Å². The van der Waals surface area contributed by atoms with E-state index in [1.54, 1.807) is 0 Å². The van der Waals surface area contributed by atoms with E-state index >= 15 is 0 Å². The Morgan fingerprint density at radius 3 is 3.32 bits per heavy atom. The molecule has 1 aliphatic rings. The largest absolute Gasteiger partial charge is 0.443 e. The fourth-order valence-corrected chi connectivity index (χ4v) is 2.42. The van der Waals surface area contributed by atoms with Crippen molar-refractivity contribution in [3.8, 4) is 0 Å². The van der Waals surface area contributed by atoms with Crippen LogP contribution in [0.15, 0.2) is 29.0 Å². The highest BCUT2D eigenvalue weighted by Crippen LogP contribution is 2.15. The molecule has 0 saturated carbocycles. The number of amides is 1. The third kappa shape index (κ3) is 2.76. The monoisotopic (exact) mass is 259 g/mol. The van der Waals surface area contributed by atoms with Crippen molar-refractivity contribution in [1.29, 1.82) is 0 Å². The number of nitrogens with zero attached hydrogens (tertiary/aromatic N) is 1. The Morgan fingerprint density at radius 1 is 1.53 bits per heavy atom. The minimum Gasteiger partial charge on any atom is -0.443 e. The molecule has 5 heteroatoms. The van der Waals surface area contributed by atoms with E-state index in [2.05, 4.69) is 15.6 Å². The van der Waals surface area contributed by atoms with Gasteiger partial charge in [-0.15, -0.1) is 0 Å². The fourth-order valence-electron chi connectivity index (χ4n) is 2.42. The Morgan fingerprint density at radius 2 is 2.47 bits per heavy atom. The molecule has 0 aliphatic carbocycles. The SMILES string of the molecule is O=C(NCc1ccc2ncoc2c1)C1CCCNC1. The Bertz CT molecular complexity index is 573. The predicted octanol–water partition coefficient (Wildman–Crippen LogP) is 1.44. The number of nitrogens with one attached hydrogen (secondary N) is 2. The van der Waals surface area contributed by atoms with Gasteiger partial charge >= 0.3 is 0 Å². The van der Waals surface area contributed by atoms with Crippen molar-refractivity contribution in [2.75, 3.05) is 13.1 Å². The lowest BCUT2D eigenvalue weighted by molar-refractivity contribution is -0.125. The minimum atomic E-state index is 0.0998. The van der Waals surface area contributed by atoms with E-state index in [-0.39, 0.29) is 11.8 Å². The summed E-state index contributed by atoms with van der Waals surface area (Å²) in [5, 5.41) is 6.24. The molecule has 2 heterocycles. The first-order chi connectivity index (χ1) is 9.33.